The van der Waals surface area contributed by atoms with E-state index < -0.39 is 0 Å². The molecule has 2 fully saturated rings. The molecule has 2 aliphatic rings. The molecule has 2 saturated heterocycles. The Labute approximate surface area is 106 Å². The van der Waals surface area contributed by atoms with Gasteiger partial charge in [-0.15, -0.1) is 0 Å². The molecular formula is C14H28N2O. The third kappa shape index (κ3) is 3.94. The first-order chi connectivity index (χ1) is 8.18. The van der Waals surface area contributed by atoms with Gasteiger partial charge in [0.25, 0.3) is 0 Å². The first-order valence-corrected chi connectivity index (χ1v) is 7.22. The molecule has 2 aliphatic heterocycles. The van der Waals surface area contributed by atoms with Crippen molar-refractivity contribution in [1.82, 2.24) is 10.2 Å². The van der Waals surface area contributed by atoms with Crippen molar-refractivity contribution in [1.29, 1.82) is 0 Å². The van der Waals surface area contributed by atoms with Crippen molar-refractivity contribution in [2.24, 2.45) is 5.92 Å². The molecule has 17 heavy (non-hydrogen) atoms. The van der Waals surface area contributed by atoms with Gasteiger partial charge in [-0.25, -0.2) is 0 Å². The molecule has 1 N–H and O–H groups in total. The van der Waals surface area contributed by atoms with E-state index >= 15 is 0 Å². The summed E-state index contributed by atoms with van der Waals surface area (Å²) >= 11 is 0. The minimum absolute atomic E-state index is 0.239. The molecule has 0 aliphatic carbocycles. The minimum atomic E-state index is 0.239. The predicted octanol–water partition coefficient (Wildman–Crippen LogP) is 1.88. The van der Waals surface area contributed by atoms with E-state index in [-0.39, 0.29) is 5.54 Å². The average Bonchev–Trinajstić information content (AvgIpc) is 2.32. The van der Waals surface area contributed by atoms with Gasteiger partial charge >= 0.3 is 0 Å². The van der Waals surface area contributed by atoms with Crippen molar-refractivity contribution < 1.29 is 4.74 Å². The Kier molecular flexibility index (Phi) is 4.83. The maximum absolute atomic E-state index is 5.56. The molecule has 2 rings (SSSR count). The first-order valence-electron chi connectivity index (χ1n) is 7.22. The van der Waals surface area contributed by atoms with E-state index in [1.807, 2.05) is 0 Å². The van der Waals surface area contributed by atoms with Crippen LogP contribution >= 0.6 is 0 Å². The van der Waals surface area contributed by atoms with Crippen LogP contribution in [0.3, 0.4) is 0 Å². The lowest BCUT2D eigenvalue weighted by molar-refractivity contribution is -0.0517. The molecule has 0 spiro atoms. The Morgan fingerprint density at radius 1 is 1.41 bits per heavy atom. The van der Waals surface area contributed by atoms with E-state index in [4.69, 9.17) is 4.74 Å². The number of rotatable bonds is 4. The highest BCUT2D eigenvalue weighted by atomic mass is 16.5. The number of ether oxygens (including phenoxy) is 1. The summed E-state index contributed by atoms with van der Waals surface area (Å²) in [5.41, 5.74) is 0.239. The number of morpholine rings is 1. The Morgan fingerprint density at radius 2 is 2.29 bits per heavy atom. The molecule has 1 unspecified atom stereocenters. The molecule has 2 heterocycles. The van der Waals surface area contributed by atoms with Crippen LogP contribution in [0.15, 0.2) is 0 Å². The molecule has 0 aromatic rings. The lowest BCUT2D eigenvalue weighted by atomic mass is 9.94. The summed E-state index contributed by atoms with van der Waals surface area (Å²) < 4.78 is 5.56. The molecule has 100 valence electrons. The highest BCUT2D eigenvalue weighted by molar-refractivity contribution is 4.84. The summed E-state index contributed by atoms with van der Waals surface area (Å²) in [4.78, 5) is 2.60. The Balaban J connectivity index is 1.66. The van der Waals surface area contributed by atoms with Gasteiger partial charge in [-0.1, -0.05) is 0 Å². The van der Waals surface area contributed by atoms with Gasteiger partial charge in [0.1, 0.15) is 0 Å². The van der Waals surface area contributed by atoms with Crippen molar-refractivity contribution in [2.45, 2.75) is 45.1 Å². The second kappa shape index (κ2) is 6.17. The first kappa shape index (κ1) is 13.3. The topological polar surface area (TPSA) is 24.5 Å². The zero-order valence-electron chi connectivity index (χ0n) is 11.5. The fourth-order valence-electron chi connectivity index (χ4n) is 3.05. The van der Waals surface area contributed by atoms with Crippen LogP contribution < -0.4 is 5.32 Å². The zero-order valence-corrected chi connectivity index (χ0v) is 11.5. The molecule has 0 bridgehead atoms. The number of nitrogens with one attached hydrogen (secondary N) is 1. The second-order valence-corrected chi connectivity index (χ2v) is 6.21. The quantitative estimate of drug-likeness (QED) is 0.812. The van der Waals surface area contributed by atoms with E-state index in [9.17, 15) is 0 Å². The van der Waals surface area contributed by atoms with Crippen LogP contribution in [0.1, 0.15) is 39.5 Å². The number of hydrogen-bond donors (Lipinski definition) is 1. The summed E-state index contributed by atoms with van der Waals surface area (Å²) in [6.07, 6.45) is 5.53. The van der Waals surface area contributed by atoms with Gasteiger partial charge in [-0.05, 0) is 65.1 Å². The van der Waals surface area contributed by atoms with Crippen LogP contribution in [-0.4, -0.2) is 49.8 Å². The van der Waals surface area contributed by atoms with Crippen molar-refractivity contribution >= 4 is 0 Å². The van der Waals surface area contributed by atoms with E-state index in [2.05, 4.69) is 24.1 Å². The van der Waals surface area contributed by atoms with Gasteiger partial charge in [0.05, 0.1) is 13.2 Å². The monoisotopic (exact) mass is 240 g/mol. The lowest BCUT2D eigenvalue weighted by Crippen LogP contribution is -2.53. The zero-order chi connectivity index (χ0) is 12.1. The third-order valence-electron chi connectivity index (χ3n) is 4.26. The van der Waals surface area contributed by atoms with Gasteiger partial charge in [0.2, 0.25) is 0 Å². The van der Waals surface area contributed by atoms with Crippen LogP contribution in [0.4, 0.5) is 0 Å². The lowest BCUT2D eigenvalue weighted by Gasteiger charge is -2.42. The minimum Gasteiger partial charge on any atom is -0.378 e. The maximum atomic E-state index is 5.56. The van der Waals surface area contributed by atoms with E-state index in [0.717, 1.165) is 25.7 Å². The average molecular weight is 240 g/mol. The molecule has 0 aromatic heterocycles. The summed E-state index contributed by atoms with van der Waals surface area (Å²) in [6.45, 7) is 11.2. The van der Waals surface area contributed by atoms with Crippen LogP contribution in [0.5, 0.6) is 0 Å². The SMILES string of the molecule is CC1(C)COCCN1CCCC1CCCNC1. The number of piperidine rings is 1. The molecular weight excluding hydrogens is 212 g/mol. The molecule has 0 radical (unpaired) electrons. The summed E-state index contributed by atoms with van der Waals surface area (Å²) in [5, 5.41) is 3.51. The predicted molar refractivity (Wildman–Crippen MR) is 71.3 cm³/mol. The Hall–Kier alpha value is -0.120. The van der Waals surface area contributed by atoms with E-state index in [0.29, 0.717) is 0 Å². The molecule has 1 atom stereocenters. The largest absolute Gasteiger partial charge is 0.378 e. The van der Waals surface area contributed by atoms with Crippen LogP contribution in [-0.2, 0) is 4.74 Å². The Bertz CT molecular complexity index is 224. The molecule has 0 saturated carbocycles. The summed E-state index contributed by atoms with van der Waals surface area (Å²) in [5.74, 6) is 0.924. The molecule has 0 amide bonds. The van der Waals surface area contributed by atoms with Crippen LogP contribution in [0.2, 0.25) is 0 Å². The van der Waals surface area contributed by atoms with Crippen molar-refractivity contribution in [3.8, 4) is 0 Å². The van der Waals surface area contributed by atoms with Gasteiger partial charge in [-0.3, -0.25) is 4.90 Å². The van der Waals surface area contributed by atoms with Crippen LogP contribution in [0, 0.1) is 5.92 Å². The van der Waals surface area contributed by atoms with Crippen LogP contribution in [0.25, 0.3) is 0 Å². The normalized spacial score (nSPS) is 30.4. The van der Waals surface area contributed by atoms with Crippen molar-refractivity contribution in [3.05, 3.63) is 0 Å². The van der Waals surface area contributed by atoms with E-state index in [1.165, 1.54) is 45.3 Å². The fraction of sp³-hybridized carbons (Fsp3) is 1.00. The number of nitrogens with zero attached hydrogens (tertiary/aromatic N) is 1. The van der Waals surface area contributed by atoms with Gasteiger partial charge in [-0.2, -0.15) is 0 Å². The highest BCUT2D eigenvalue weighted by Crippen LogP contribution is 2.21. The van der Waals surface area contributed by atoms with Gasteiger partial charge in [0.15, 0.2) is 0 Å². The maximum Gasteiger partial charge on any atom is 0.0645 e. The molecule has 3 nitrogen and oxygen atoms in total. The molecule has 3 heteroatoms. The van der Waals surface area contributed by atoms with Crippen molar-refractivity contribution in [2.75, 3.05) is 39.4 Å². The third-order valence-corrected chi connectivity index (χ3v) is 4.26. The highest BCUT2D eigenvalue weighted by Gasteiger charge is 2.29. The van der Waals surface area contributed by atoms with Gasteiger partial charge < -0.3 is 10.1 Å². The summed E-state index contributed by atoms with van der Waals surface area (Å²) in [7, 11) is 0. The second-order valence-electron chi connectivity index (χ2n) is 6.21. The van der Waals surface area contributed by atoms with E-state index in [1.54, 1.807) is 0 Å². The van der Waals surface area contributed by atoms with Gasteiger partial charge in [0, 0.05) is 12.1 Å². The number of hydrogen-bond acceptors (Lipinski definition) is 3. The Morgan fingerprint density at radius 3 is 3.00 bits per heavy atom. The van der Waals surface area contributed by atoms with Crippen molar-refractivity contribution in [3.63, 3.8) is 0 Å². The molecule has 0 aromatic carbocycles. The fourth-order valence-corrected chi connectivity index (χ4v) is 3.05. The smallest absolute Gasteiger partial charge is 0.0645 e. The standard InChI is InChI=1S/C14H28N2O/c1-14(2)12-17-10-9-16(14)8-4-6-13-5-3-7-15-11-13/h13,15H,3-12H2,1-2H3. The summed E-state index contributed by atoms with van der Waals surface area (Å²) in [6, 6.07) is 0.